The topological polar surface area (TPSA) is 48.3 Å². The van der Waals surface area contributed by atoms with Crippen LogP contribution in [0.2, 0.25) is 0 Å². The van der Waals surface area contributed by atoms with Gasteiger partial charge in [0.1, 0.15) is 11.4 Å². The number of allylic oxidation sites excluding steroid dienone is 1. The molecule has 3 rings (SSSR count). The van der Waals surface area contributed by atoms with Crippen LogP contribution in [0.4, 0.5) is 0 Å². The number of carbonyl (C=O) groups excluding carboxylic acids is 2. The van der Waals surface area contributed by atoms with E-state index in [9.17, 15) is 9.59 Å². The molecule has 0 spiro atoms. The molecule has 0 aliphatic heterocycles. The van der Waals surface area contributed by atoms with Crippen LogP contribution in [0.15, 0.2) is 72.8 Å². The molecule has 0 saturated heterocycles. The molecule has 3 aromatic rings. The Morgan fingerprint density at radius 2 is 1.81 bits per heavy atom. The van der Waals surface area contributed by atoms with Crippen molar-refractivity contribution in [3.8, 4) is 5.75 Å². The highest BCUT2D eigenvalue weighted by Gasteiger charge is 2.19. The van der Waals surface area contributed by atoms with E-state index >= 15 is 0 Å². The fourth-order valence-corrected chi connectivity index (χ4v) is 3.11. The summed E-state index contributed by atoms with van der Waals surface area (Å²) in [7, 11) is 1.58. The number of methoxy groups -OCH3 is 1. The number of nitrogens with zero attached hydrogens (tertiary/aromatic N) is 1. The van der Waals surface area contributed by atoms with Crippen molar-refractivity contribution in [3.05, 3.63) is 83.9 Å². The van der Waals surface area contributed by atoms with Crippen LogP contribution in [0.25, 0.3) is 16.6 Å². The Labute approximate surface area is 157 Å². The van der Waals surface area contributed by atoms with Crippen molar-refractivity contribution in [2.24, 2.45) is 0 Å². The molecule has 4 nitrogen and oxygen atoms in total. The Kier molecular flexibility index (Phi) is 5.23. The van der Waals surface area contributed by atoms with Gasteiger partial charge < -0.3 is 9.30 Å². The minimum absolute atomic E-state index is 0.0556. The number of hydrogen-bond donors (Lipinski definition) is 0. The van der Waals surface area contributed by atoms with Gasteiger partial charge in [-0.25, -0.2) is 0 Å². The van der Waals surface area contributed by atoms with E-state index < -0.39 is 0 Å². The molecule has 0 aliphatic rings. The maximum absolute atomic E-state index is 13.0. The summed E-state index contributed by atoms with van der Waals surface area (Å²) in [5.74, 6) is 0.434. The zero-order valence-corrected chi connectivity index (χ0v) is 15.3. The maximum atomic E-state index is 13.0. The Morgan fingerprint density at radius 1 is 1.11 bits per heavy atom. The van der Waals surface area contributed by atoms with Crippen molar-refractivity contribution in [1.29, 1.82) is 0 Å². The SMILES string of the molecule is C=C=C=C(C(C)=O)n1cc(C(=O)Cc2ccccc2OC)c2ccccc21. The third-order valence-corrected chi connectivity index (χ3v) is 4.34. The molecule has 1 aromatic heterocycles. The Hall–Kier alpha value is -3.58. The molecule has 0 atom stereocenters. The van der Waals surface area contributed by atoms with Crippen molar-refractivity contribution >= 4 is 28.2 Å². The van der Waals surface area contributed by atoms with Crippen LogP contribution in [0.3, 0.4) is 0 Å². The molecule has 0 unspecified atom stereocenters. The van der Waals surface area contributed by atoms with Crippen LogP contribution >= 0.6 is 0 Å². The molecule has 27 heavy (non-hydrogen) atoms. The molecule has 0 fully saturated rings. The molecule has 1 heterocycles. The minimum atomic E-state index is -0.185. The van der Waals surface area contributed by atoms with Crippen LogP contribution in [-0.4, -0.2) is 23.2 Å². The summed E-state index contributed by atoms with van der Waals surface area (Å²) >= 11 is 0. The summed E-state index contributed by atoms with van der Waals surface area (Å²) in [5, 5.41) is 0.780. The highest BCUT2D eigenvalue weighted by atomic mass is 16.5. The number of Topliss-reactive ketones (excluding diaryl/α,β-unsaturated/α-hetero) is 2. The lowest BCUT2D eigenvalue weighted by Crippen LogP contribution is -2.05. The molecular weight excluding hydrogens is 338 g/mol. The smallest absolute Gasteiger partial charge is 0.185 e. The highest BCUT2D eigenvalue weighted by Crippen LogP contribution is 2.27. The third kappa shape index (κ3) is 3.54. The zero-order chi connectivity index (χ0) is 19.4. The van der Waals surface area contributed by atoms with Gasteiger partial charge in [0.05, 0.1) is 12.6 Å². The van der Waals surface area contributed by atoms with E-state index in [2.05, 4.69) is 18.0 Å². The zero-order valence-electron chi connectivity index (χ0n) is 15.3. The largest absolute Gasteiger partial charge is 0.496 e. The van der Waals surface area contributed by atoms with E-state index in [-0.39, 0.29) is 23.7 Å². The van der Waals surface area contributed by atoms with Gasteiger partial charge in [-0.2, -0.15) is 0 Å². The third-order valence-electron chi connectivity index (χ3n) is 4.34. The van der Waals surface area contributed by atoms with Crippen molar-refractivity contribution in [1.82, 2.24) is 4.57 Å². The second-order valence-corrected chi connectivity index (χ2v) is 6.05. The minimum Gasteiger partial charge on any atom is -0.496 e. The van der Waals surface area contributed by atoms with Gasteiger partial charge in [-0.05, 0) is 24.4 Å². The number of para-hydroxylation sites is 2. The van der Waals surface area contributed by atoms with Crippen LogP contribution in [-0.2, 0) is 11.2 Å². The number of rotatable bonds is 6. The second kappa shape index (κ2) is 7.76. The fraction of sp³-hybridized carbons (Fsp3) is 0.130. The Bertz CT molecular complexity index is 1120. The number of ketones is 2. The maximum Gasteiger partial charge on any atom is 0.185 e. The summed E-state index contributed by atoms with van der Waals surface area (Å²) in [6.07, 6.45) is 1.89. The van der Waals surface area contributed by atoms with Crippen LogP contribution < -0.4 is 4.74 Å². The summed E-state index contributed by atoms with van der Waals surface area (Å²) in [6.45, 7) is 4.95. The first kappa shape index (κ1) is 18.2. The highest BCUT2D eigenvalue weighted by molar-refractivity contribution is 6.17. The van der Waals surface area contributed by atoms with Crippen LogP contribution in [0, 0.1) is 0 Å². The van der Waals surface area contributed by atoms with E-state index in [1.807, 2.05) is 48.5 Å². The van der Waals surface area contributed by atoms with Gasteiger partial charge in [0.25, 0.3) is 0 Å². The normalized spacial score (nSPS) is 10.1. The van der Waals surface area contributed by atoms with E-state index in [1.165, 1.54) is 6.92 Å². The predicted octanol–water partition coefficient (Wildman–Crippen LogP) is 4.45. The summed E-state index contributed by atoms with van der Waals surface area (Å²) in [6, 6.07) is 14.9. The molecule has 0 N–H and O–H groups in total. The van der Waals surface area contributed by atoms with E-state index in [0.717, 1.165) is 16.5 Å². The van der Waals surface area contributed by atoms with E-state index in [0.29, 0.717) is 11.3 Å². The average molecular weight is 357 g/mol. The molecule has 0 radical (unpaired) electrons. The van der Waals surface area contributed by atoms with Gasteiger partial charge in [-0.3, -0.25) is 9.59 Å². The van der Waals surface area contributed by atoms with Crippen molar-refractivity contribution in [2.75, 3.05) is 7.11 Å². The molecule has 0 aliphatic carbocycles. The van der Waals surface area contributed by atoms with Crippen molar-refractivity contribution < 1.29 is 14.3 Å². The van der Waals surface area contributed by atoms with Gasteiger partial charge in [-0.15, -0.1) is 0 Å². The van der Waals surface area contributed by atoms with Crippen molar-refractivity contribution in [3.63, 3.8) is 0 Å². The first-order chi connectivity index (χ1) is 13.1. The first-order valence-corrected chi connectivity index (χ1v) is 8.48. The van der Waals surface area contributed by atoms with E-state index in [4.69, 9.17) is 4.74 Å². The van der Waals surface area contributed by atoms with Crippen molar-refractivity contribution in [2.45, 2.75) is 13.3 Å². The van der Waals surface area contributed by atoms with Crippen LogP contribution in [0.1, 0.15) is 22.8 Å². The monoisotopic (exact) mass is 357 g/mol. The summed E-state index contributed by atoms with van der Waals surface area (Å²) in [4.78, 5) is 25.1. The molecule has 134 valence electrons. The molecule has 4 heteroatoms. The molecule has 0 saturated carbocycles. The summed E-state index contributed by atoms with van der Waals surface area (Å²) in [5.41, 5.74) is 7.68. The lowest BCUT2D eigenvalue weighted by Gasteiger charge is -2.07. The molecule has 0 bridgehead atoms. The quantitative estimate of drug-likeness (QED) is 0.372. The lowest BCUT2D eigenvalue weighted by molar-refractivity contribution is -0.112. The number of benzene rings is 2. The Morgan fingerprint density at radius 3 is 2.52 bits per heavy atom. The molecule has 0 amide bonds. The van der Waals surface area contributed by atoms with Gasteiger partial charge >= 0.3 is 0 Å². The fourth-order valence-electron chi connectivity index (χ4n) is 3.11. The summed E-state index contributed by atoms with van der Waals surface area (Å²) < 4.78 is 7.02. The second-order valence-electron chi connectivity index (χ2n) is 6.05. The van der Waals surface area contributed by atoms with E-state index in [1.54, 1.807) is 17.9 Å². The average Bonchev–Trinajstić information content (AvgIpc) is 3.06. The van der Waals surface area contributed by atoms with Gasteiger partial charge in [-0.1, -0.05) is 42.1 Å². The lowest BCUT2D eigenvalue weighted by atomic mass is 10.0. The molecular formula is C23H19NO3. The number of aromatic nitrogens is 1. The number of ether oxygens (including phenoxy) is 1. The molecule has 2 aromatic carbocycles. The van der Waals surface area contributed by atoms with Gasteiger partial charge in [0.2, 0.25) is 0 Å². The number of carbonyl (C=O) groups is 2. The number of fused-ring (bicyclic) bond motifs is 1. The first-order valence-electron chi connectivity index (χ1n) is 8.48. The van der Waals surface area contributed by atoms with Gasteiger partial charge in [0, 0.05) is 36.1 Å². The number of hydrogen-bond acceptors (Lipinski definition) is 3. The Balaban J connectivity index is 2.13. The van der Waals surface area contributed by atoms with Gasteiger partial charge in [0.15, 0.2) is 11.6 Å². The standard InChI is InChI=1S/C23H19NO3/c1-4-9-20(16(2)25)24-15-19(18-11-6-7-12-21(18)24)22(26)14-17-10-5-8-13-23(17)27-3/h5-8,10-13,15H,1,14H2,2-3H3. The van der Waals surface area contributed by atoms with Crippen LogP contribution in [0.5, 0.6) is 5.75 Å². The predicted molar refractivity (Wildman–Crippen MR) is 106 cm³/mol.